The number of benzene rings is 1. The number of β-amino-alcohol motifs (C(OH)–C–C–N with tert-alkyl or cyclic N) is 1. The van der Waals surface area contributed by atoms with Gasteiger partial charge in [0, 0.05) is 50.4 Å². The van der Waals surface area contributed by atoms with Gasteiger partial charge in [-0.25, -0.2) is 8.78 Å². The molecule has 2 aliphatic rings. The highest BCUT2D eigenvalue weighted by Crippen LogP contribution is 2.21. The highest BCUT2D eigenvalue weighted by atomic mass is 19.1. The standard InChI is InChI=1S/C15H20F2N2O2/c16-12-2-1-11(13(17)7-12)8-18-9-14(15(20)10-18)19-3-5-21-6-4-19/h1-2,7,14-15,20H,3-6,8-10H2/t14-,15-/m0/s1. The topological polar surface area (TPSA) is 35.9 Å². The van der Waals surface area contributed by atoms with E-state index in [9.17, 15) is 13.9 Å². The number of ether oxygens (including phenoxy) is 1. The van der Waals surface area contributed by atoms with Crippen LogP contribution < -0.4 is 0 Å². The molecule has 21 heavy (non-hydrogen) atoms. The first-order chi connectivity index (χ1) is 10.1. The third-order valence-electron chi connectivity index (χ3n) is 4.26. The molecule has 0 saturated carbocycles. The summed E-state index contributed by atoms with van der Waals surface area (Å²) in [5.74, 6) is -1.09. The molecule has 0 bridgehead atoms. The molecule has 2 fully saturated rings. The predicted molar refractivity (Wildman–Crippen MR) is 73.8 cm³/mol. The molecule has 3 rings (SSSR count). The zero-order valence-corrected chi connectivity index (χ0v) is 11.8. The van der Waals surface area contributed by atoms with Crippen molar-refractivity contribution in [1.82, 2.24) is 9.80 Å². The van der Waals surface area contributed by atoms with E-state index >= 15 is 0 Å². The van der Waals surface area contributed by atoms with Gasteiger partial charge in [0.05, 0.1) is 19.3 Å². The Kier molecular flexibility index (Phi) is 4.49. The van der Waals surface area contributed by atoms with Crippen molar-refractivity contribution in [3.63, 3.8) is 0 Å². The van der Waals surface area contributed by atoms with Crippen LogP contribution in [0, 0.1) is 11.6 Å². The molecule has 2 aliphatic heterocycles. The molecular formula is C15H20F2N2O2. The lowest BCUT2D eigenvalue weighted by Gasteiger charge is -2.33. The van der Waals surface area contributed by atoms with Crippen LogP contribution in [0.3, 0.4) is 0 Å². The monoisotopic (exact) mass is 298 g/mol. The molecule has 1 aromatic rings. The molecule has 0 aliphatic carbocycles. The first-order valence-electron chi connectivity index (χ1n) is 7.29. The highest BCUT2D eigenvalue weighted by Gasteiger charge is 2.36. The second-order valence-electron chi connectivity index (χ2n) is 5.71. The number of rotatable bonds is 3. The molecule has 116 valence electrons. The van der Waals surface area contributed by atoms with E-state index in [1.165, 1.54) is 12.1 Å². The summed E-state index contributed by atoms with van der Waals surface area (Å²) in [6.07, 6.45) is -0.438. The van der Waals surface area contributed by atoms with E-state index in [0.717, 1.165) is 19.2 Å². The van der Waals surface area contributed by atoms with Crippen LogP contribution in [0.5, 0.6) is 0 Å². The minimum Gasteiger partial charge on any atom is -0.390 e. The lowest BCUT2D eigenvalue weighted by atomic mass is 10.1. The fourth-order valence-corrected chi connectivity index (χ4v) is 3.13. The van der Waals surface area contributed by atoms with E-state index in [1.54, 1.807) is 0 Å². The van der Waals surface area contributed by atoms with Gasteiger partial charge in [0.15, 0.2) is 0 Å². The van der Waals surface area contributed by atoms with Crippen molar-refractivity contribution in [2.24, 2.45) is 0 Å². The van der Waals surface area contributed by atoms with Crippen LogP contribution >= 0.6 is 0 Å². The quantitative estimate of drug-likeness (QED) is 0.897. The van der Waals surface area contributed by atoms with Gasteiger partial charge in [-0.05, 0) is 6.07 Å². The maximum Gasteiger partial charge on any atom is 0.130 e. The Morgan fingerprint density at radius 2 is 1.95 bits per heavy atom. The summed E-state index contributed by atoms with van der Waals surface area (Å²) in [7, 11) is 0. The number of hydrogen-bond acceptors (Lipinski definition) is 4. The molecule has 4 nitrogen and oxygen atoms in total. The molecule has 6 heteroatoms. The van der Waals surface area contributed by atoms with Crippen LogP contribution in [0.1, 0.15) is 5.56 Å². The van der Waals surface area contributed by atoms with Crippen LogP contribution in [0.25, 0.3) is 0 Å². The second kappa shape index (κ2) is 6.36. The Hall–Kier alpha value is -1.08. The van der Waals surface area contributed by atoms with Gasteiger partial charge in [0.2, 0.25) is 0 Å². The third-order valence-corrected chi connectivity index (χ3v) is 4.26. The number of hydrogen-bond donors (Lipinski definition) is 1. The zero-order valence-electron chi connectivity index (χ0n) is 11.8. The van der Waals surface area contributed by atoms with Crippen molar-refractivity contribution in [3.05, 3.63) is 35.4 Å². The van der Waals surface area contributed by atoms with Gasteiger partial charge < -0.3 is 9.84 Å². The Labute approximate surface area is 122 Å². The van der Waals surface area contributed by atoms with Gasteiger partial charge in [-0.2, -0.15) is 0 Å². The minimum absolute atomic E-state index is 0.0670. The third kappa shape index (κ3) is 3.40. The number of likely N-dealkylation sites (tertiary alicyclic amines) is 1. The van der Waals surface area contributed by atoms with Crippen LogP contribution in [0.2, 0.25) is 0 Å². The normalized spacial score (nSPS) is 28.1. The van der Waals surface area contributed by atoms with E-state index < -0.39 is 17.7 Å². The second-order valence-corrected chi connectivity index (χ2v) is 5.71. The number of morpholine rings is 1. The predicted octanol–water partition coefficient (Wildman–Crippen LogP) is 0.842. The summed E-state index contributed by atoms with van der Waals surface area (Å²) < 4.78 is 31.9. The van der Waals surface area contributed by atoms with Gasteiger partial charge in [0.1, 0.15) is 11.6 Å². The summed E-state index contributed by atoms with van der Waals surface area (Å²) in [5.41, 5.74) is 0.464. The summed E-state index contributed by atoms with van der Waals surface area (Å²) >= 11 is 0. The van der Waals surface area contributed by atoms with E-state index in [1.807, 2.05) is 4.90 Å². The van der Waals surface area contributed by atoms with Crippen molar-refractivity contribution in [3.8, 4) is 0 Å². The fourth-order valence-electron chi connectivity index (χ4n) is 3.13. The molecule has 0 aromatic heterocycles. The molecular weight excluding hydrogens is 278 g/mol. The maximum absolute atomic E-state index is 13.7. The minimum atomic E-state index is -0.566. The first-order valence-corrected chi connectivity index (χ1v) is 7.29. The Morgan fingerprint density at radius 1 is 1.19 bits per heavy atom. The number of halogens is 2. The van der Waals surface area contributed by atoms with Crippen LogP contribution in [-0.2, 0) is 11.3 Å². The Morgan fingerprint density at radius 3 is 2.67 bits per heavy atom. The zero-order chi connectivity index (χ0) is 14.8. The van der Waals surface area contributed by atoms with Crippen molar-refractivity contribution in [1.29, 1.82) is 0 Å². The Balaban J connectivity index is 1.62. The van der Waals surface area contributed by atoms with Crippen molar-refractivity contribution in [2.45, 2.75) is 18.7 Å². The molecule has 0 radical (unpaired) electrons. The molecule has 1 N–H and O–H groups in total. The summed E-state index contributed by atoms with van der Waals surface area (Å²) in [4.78, 5) is 4.25. The molecule has 0 amide bonds. The number of aliphatic hydroxyl groups is 1. The number of nitrogens with zero attached hydrogens (tertiary/aromatic N) is 2. The maximum atomic E-state index is 13.7. The SMILES string of the molecule is O[C@H]1CN(Cc2ccc(F)cc2F)C[C@@H]1N1CCOCC1. The summed E-state index contributed by atoms with van der Waals surface area (Å²) in [5, 5.41) is 10.2. The number of aliphatic hydroxyl groups excluding tert-OH is 1. The first kappa shape index (κ1) is 14.8. The average Bonchev–Trinajstić information content (AvgIpc) is 2.84. The fraction of sp³-hybridized carbons (Fsp3) is 0.600. The van der Waals surface area contributed by atoms with Crippen LogP contribution in [0.15, 0.2) is 18.2 Å². The summed E-state index contributed by atoms with van der Waals surface area (Å²) in [6.45, 7) is 4.62. The molecule has 1 aromatic carbocycles. The Bertz CT molecular complexity index is 495. The van der Waals surface area contributed by atoms with Gasteiger partial charge in [-0.3, -0.25) is 9.80 Å². The van der Waals surface area contributed by atoms with Crippen molar-refractivity contribution >= 4 is 0 Å². The van der Waals surface area contributed by atoms with Gasteiger partial charge in [0.25, 0.3) is 0 Å². The molecule has 2 atom stereocenters. The van der Waals surface area contributed by atoms with E-state index in [2.05, 4.69) is 4.90 Å². The molecule has 2 heterocycles. The molecule has 0 unspecified atom stereocenters. The largest absolute Gasteiger partial charge is 0.390 e. The van der Waals surface area contributed by atoms with Crippen molar-refractivity contribution < 1.29 is 18.6 Å². The van der Waals surface area contributed by atoms with Crippen LogP contribution in [0.4, 0.5) is 8.78 Å². The van der Waals surface area contributed by atoms with E-state index in [4.69, 9.17) is 4.74 Å². The van der Waals surface area contributed by atoms with Gasteiger partial charge >= 0.3 is 0 Å². The average molecular weight is 298 g/mol. The van der Waals surface area contributed by atoms with Gasteiger partial charge in [-0.15, -0.1) is 0 Å². The highest BCUT2D eigenvalue weighted by molar-refractivity contribution is 5.18. The van der Waals surface area contributed by atoms with E-state index in [-0.39, 0.29) is 6.04 Å². The van der Waals surface area contributed by atoms with Crippen molar-refractivity contribution in [2.75, 3.05) is 39.4 Å². The summed E-state index contributed by atoms with van der Waals surface area (Å²) in [6, 6.07) is 3.71. The smallest absolute Gasteiger partial charge is 0.130 e. The lowest BCUT2D eigenvalue weighted by molar-refractivity contribution is -0.00618. The van der Waals surface area contributed by atoms with E-state index in [0.29, 0.717) is 38.4 Å². The lowest BCUT2D eigenvalue weighted by Crippen LogP contribution is -2.48. The molecule has 0 spiro atoms. The molecule has 2 saturated heterocycles. The van der Waals surface area contributed by atoms with Gasteiger partial charge in [-0.1, -0.05) is 6.07 Å². The van der Waals surface area contributed by atoms with Crippen LogP contribution in [-0.4, -0.2) is 66.4 Å².